The minimum Gasteiger partial charge on any atom is -0.505 e. The molecule has 0 radical (unpaired) electrons. The molecule has 2 aliphatic rings. The summed E-state index contributed by atoms with van der Waals surface area (Å²) in [5, 5.41) is 48.8. The number of carboxylic acids is 3. The summed E-state index contributed by atoms with van der Waals surface area (Å²) in [6, 6.07) is 5.05. The fraction of sp³-hybridized carbons (Fsp3) is 0.213. The first-order chi connectivity index (χ1) is 35.6. The monoisotopic (exact) mass is 1060 g/mol. The third kappa shape index (κ3) is 12.2. The molecule has 5 aromatic rings. The number of nitrogens with one attached hydrogen (secondary N) is 5. The van der Waals surface area contributed by atoms with E-state index in [0.717, 1.165) is 0 Å². The molecule has 11 N–H and O–H groups in total. The first kappa shape index (κ1) is 53.6. The first-order valence-electron chi connectivity index (χ1n) is 21.9. The van der Waals surface area contributed by atoms with Gasteiger partial charge in [0.15, 0.2) is 40.2 Å². The number of aromatic hydroxyl groups is 1. The van der Waals surface area contributed by atoms with Gasteiger partial charge in [0.05, 0.1) is 29.1 Å². The molecule has 3 heterocycles. The van der Waals surface area contributed by atoms with Crippen molar-refractivity contribution in [2.45, 2.75) is 55.6 Å². The van der Waals surface area contributed by atoms with E-state index in [1.807, 2.05) is 0 Å². The van der Waals surface area contributed by atoms with Crippen LogP contribution in [-0.4, -0.2) is 100 Å². The maximum Gasteiger partial charge on any atom is 0.339 e. The highest BCUT2D eigenvalue weighted by atomic mass is 32.2. The normalized spacial score (nSPS) is 12.1. The van der Waals surface area contributed by atoms with Gasteiger partial charge < -0.3 is 51.8 Å². The van der Waals surface area contributed by atoms with Crippen LogP contribution < -0.4 is 38.0 Å². The lowest BCUT2D eigenvalue weighted by Crippen LogP contribution is -2.44. The number of benzene rings is 4. The number of hydrogen-bond acceptors (Lipinski definition) is 16. The molecule has 1 aliphatic carbocycles. The molecule has 3 aromatic carbocycles. The molecular formula is C47H38F5N9O13S. The van der Waals surface area contributed by atoms with Crippen molar-refractivity contribution in [3.8, 4) is 28.2 Å². The van der Waals surface area contributed by atoms with Gasteiger partial charge in [-0.05, 0) is 62.1 Å². The quantitative estimate of drug-likeness (QED) is 0.0156. The topological polar surface area (TPSA) is 359 Å². The fourth-order valence-electron chi connectivity index (χ4n) is 7.55. The maximum atomic E-state index is 16.5. The van der Waals surface area contributed by atoms with Crippen LogP contribution in [0.1, 0.15) is 58.5 Å². The number of phenolic OH excluding ortho intramolecular Hbond substituents is 1. The number of aromatic amines is 1. The molecule has 0 bridgehead atoms. The number of hydrogen-bond donors (Lipinski definition) is 10. The molecule has 7 rings (SSSR count). The third-order valence-electron chi connectivity index (χ3n) is 11.2. The van der Waals surface area contributed by atoms with E-state index in [1.165, 1.54) is 30.5 Å². The van der Waals surface area contributed by atoms with Gasteiger partial charge in [-0.2, -0.15) is 4.98 Å². The number of aliphatic carboxylic acids is 2. The summed E-state index contributed by atoms with van der Waals surface area (Å²) < 4.78 is 82.4. The van der Waals surface area contributed by atoms with Crippen LogP contribution in [0.15, 0.2) is 73.6 Å². The summed E-state index contributed by atoms with van der Waals surface area (Å²) in [6.07, 6.45) is 0.391. The van der Waals surface area contributed by atoms with Gasteiger partial charge in [-0.1, -0.05) is 0 Å². The van der Waals surface area contributed by atoms with Crippen molar-refractivity contribution >= 4 is 81.2 Å². The summed E-state index contributed by atoms with van der Waals surface area (Å²) in [5.41, 5.74) is 0.00566. The van der Waals surface area contributed by atoms with E-state index in [-0.39, 0.29) is 66.8 Å². The highest BCUT2D eigenvalue weighted by molar-refractivity contribution is 8.00. The van der Waals surface area contributed by atoms with E-state index in [4.69, 9.17) is 10.2 Å². The number of carboxylic acid groups (broad SMARTS) is 3. The molecule has 22 nitrogen and oxygen atoms in total. The van der Waals surface area contributed by atoms with Crippen molar-refractivity contribution in [3.63, 3.8) is 0 Å². The number of halogens is 5. The number of unbranched alkanes of at least 4 members (excludes halogenated alkanes) is 1. The van der Waals surface area contributed by atoms with Gasteiger partial charge >= 0.3 is 17.9 Å². The van der Waals surface area contributed by atoms with Gasteiger partial charge in [-0.15, -0.1) is 11.8 Å². The summed E-state index contributed by atoms with van der Waals surface area (Å²) in [6.45, 7) is -0.0362. The van der Waals surface area contributed by atoms with E-state index in [9.17, 15) is 67.6 Å². The minimum atomic E-state index is -2.22. The largest absolute Gasteiger partial charge is 0.505 e. The predicted molar refractivity (Wildman–Crippen MR) is 254 cm³/mol. The van der Waals surface area contributed by atoms with Crippen molar-refractivity contribution < 1.29 is 75.6 Å². The minimum absolute atomic E-state index is 0.0212. The number of amides is 3. The van der Waals surface area contributed by atoms with E-state index in [1.54, 1.807) is 0 Å². The number of H-pyrrole nitrogens is 1. The highest BCUT2D eigenvalue weighted by Gasteiger charge is 2.34. The average molecular weight is 1060 g/mol. The van der Waals surface area contributed by atoms with Gasteiger partial charge in [-0.25, -0.2) is 46.3 Å². The van der Waals surface area contributed by atoms with Crippen LogP contribution >= 0.6 is 11.8 Å². The second-order valence-electron chi connectivity index (χ2n) is 16.3. The van der Waals surface area contributed by atoms with Crippen LogP contribution in [0.25, 0.3) is 44.6 Å². The smallest absolute Gasteiger partial charge is 0.339 e. The van der Waals surface area contributed by atoms with Gasteiger partial charge in [0.25, 0.3) is 11.5 Å². The molecule has 0 saturated heterocycles. The average Bonchev–Trinajstić information content (AvgIpc) is 3.35. The number of fused-ring (bicyclic) bond motifs is 3. The molecule has 2 atom stereocenters. The molecule has 75 heavy (non-hydrogen) atoms. The molecule has 0 spiro atoms. The molecular weight excluding hydrogens is 1030 g/mol. The van der Waals surface area contributed by atoms with Crippen molar-refractivity contribution in [2.75, 3.05) is 23.3 Å². The van der Waals surface area contributed by atoms with Gasteiger partial charge in [-0.3, -0.25) is 29.0 Å². The van der Waals surface area contributed by atoms with Crippen molar-refractivity contribution in [2.24, 2.45) is 0 Å². The Labute approximate surface area is 419 Å². The zero-order valence-electron chi connectivity index (χ0n) is 38.2. The SMILES string of the molecule is Nc1nc2ncc(CNc3ccc(C(=O)NC(CCC(=O)N[C@H](CCCCNC(=O)CSc4c(F)c(F)c(C(=O)O)c(-c5c6cc(F)c(=O)cc-6oc6cc(O)c(F)cc56)c4F)C(=O)O)C(=O)O)cc3)nc2c(=O)[nH]1. The Morgan fingerprint density at radius 3 is 2.20 bits per heavy atom. The Hall–Kier alpha value is -9.21. The Balaban J connectivity index is 0.899. The molecule has 1 unspecified atom stereocenters. The Bertz CT molecular complexity index is 3550. The van der Waals surface area contributed by atoms with E-state index in [2.05, 4.69) is 41.2 Å². The number of thioether (sulfide) groups is 1. The highest BCUT2D eigenvalue weighted by Crippen LogP contribution is 2.46. The van der Waals surface area contributed by atoms with Crippen LogP contribution in [0.5, 0.6) is 5.75 Å². The van der Waals surface area contributed by atoms with Crippen molar-refractivity contribution in [1.82, 2.24) is 35.9 Å². The van der Waals surface area contributed by atoms with E-state index < -0.39 is 156 Å². The number of aromatic carboxylic acids is 1. The van der Waals surface area contributed by atoms with Crippen LogP contribution in [0.4, 0.5) is 33.6 Å². The predicted octanol–water partition coefficient (Wildman–Crippen LogP) is 4.50. The number of nitrogen functional groups attached to an aromatic ring is 1. The Morgan fingerprint density at radius 2 is 1.51 bits per heavy atom. The second kappa shape index (κ2) is 22.7. The lowest BCUT2D eigenvalue weighted by molar-refractivity contribution is -0.142. The molecule has 0 fully saturated rings. The summed E-state index contributed by atoms with van der Waals surface area (Å²) in [7, 11) is 0. The lowest BCUT2D eigenvalue weighted by Gasteiger charge is -2.20. The molecule has 28 heteroatoms. The fourth-order valence-corrected chi connectivity index (χ4v) is 8.37. The third-order valence-corrected chi connectivity index (χ3v) is 12.2. The van der Waals surface area contributed by atoms with Crippen LogP contribution in [0.3, 0.4) is 0 Å². The summed E-state index contributed by atoms with van der Waals surface area (Å²) in [4.78, 5) is 112. The van der Waals surface area contributed by atoms with Crippen LogP contribution in [-0.2, 0) is 25.7 Å². The van der Waals surface area contributed by atoms with Gasteiger partial charge in [0, 0.05) is 58.4 Å². The number of aromatic nitrogens is 4. The molecule has 2 aromatic heterocycles. The number of rotatable bonds is 21. The molecule has 3 amide bonds. The van der Waals surface area contributed by atoms with Gasteiger partial charge in [0.1, 0.15) is 34.8 Å². The number of anilines is 2. The number of nitrogens with two attached hydrogens (primary N) is 1. The maximum absolute atomic E-state index is 16.5. The standard InChI is InChI=1S/C47H38F5N9O13S/c48-23-11-21-29(13-27(23)62)74-30-14-28(63)24(49)12-22(30)33(21)34-35(46(72)73)36(50)38(52)40(37(34)51)75-17-32(65)54-10-2-1-3-25(44(68)69)58-31(64)9-8-26(45(70)71)59-42(66)18-4-6-19(7-5-18)55-15-20-16-56-41-39(57-20)43(67)61-47(53)60-41/h4-7,11-14,16,25-26,55,62H,1-3,8-10,15,17H2,(H,54,65)(H,58,64)(H,59,66)(H,68,69)(H,70,71)(H,72,73)(H3,53,56,60,61,67)/t25-,26?/m1/s1. The van der Waals surface area contributed by atoms with Crippen LogP contribution in [0.2, 0.25) is 0 Å². The van der Waals surface area contributed by atoms with Crippen molar-refractivity contribution in [1.29, 1.82) is 0 Å². The lowest BCUT2D eigenvalue weighted by atomic mass is 9.89. The Morgan fingerprint density at radius 1 is 0.800 bits per heavy atom. The van der Waals surface area contributed by atoms with E-state index >= 15 is 13.2 Å². The number of phenols is 1. The molecule has 0 saturated carbocycles. The number of nitrogens with zero attached hydrogens (tertiary/aromatic N) is 3. The van der Waals surface area contributed by atoms with E-state index in [0.29, 0.717) is 35.6 Å². The van der Waals surface area contributed by atoms with Crippen molar-refractivity contribution in [3.05, 3.63) is 121 Å². The number of carbonyl (C=O) groups excluding carboxylic acids is 3. The zero-order chi connectivity index (χ0) is 54.4. The first-order valence-corrected chi connectivity index (χ1v) is 22.9. The summed E-state index contributed by atoms with van der Waals surface area (Å²) >= 11 is 0.0801. The zero-order valence-corrected chi connectivity index (χ0v) is 39.0. The second-order valence-corrected chi connectivity index (χ2v) is 17.3. The summed E-state index contributed by atoms with van der Waals surface area (Å²) in [5.74, 6) is -19.0. The van der Waals surface area contributed by atoms with Crippen LogP contribution in [0, 0.1) is 29.1 Å². The Kier molecular flexibility index (Phi) is 16.2. The van der Waals surface area contributed by atoms with Gasteiger partial charge in [0.2, 0.25) is 23.2 Å². The number of carbonyl (C=O) groups is 6. The molecule has 1 aliphatic heterocycles. The molecule has 390 valence electrons.